The predicted molar refractivity (Wildman–Crippen MR) is 91.3 cm³/mol. The van der Waals surface area contributed by atoms with E-state index in [4.69, 9.17) is 4.74 Å². The molecule has 1 N–H and O–H groups in total. The Hall–Kier alpha value is -2.11. The maximum Gasteiger partial charge on any atom is 0.317 e. The maximum absolute atomic E-state index is 12.6. The van der Waals surface area contributed by atoms with E-state index in [0.29, 0.717) is 19.7 Å². The van der Waals surface area contributed by atoms with Crippen LogP contribution in [0.3, 0.4) is 0 Å². The number of pyridine rings is 1. The number of amides is 2. The summed E-state index contributed by atoms with van der Waals surface area (Å²) in [7, 11) is 0. The minimum atomic E-state index is -0.279. The van der Waals surface area contributed by atoms with Crippen molar-refractivity contribution in [1.82, 2.24) is 15.2 Å². The molecule has 2 rings (SSSR count). The van der Waals surface area contributed by atoms with Gasteiger partial charge in [0.05, 0.1) is 13.0 Å². The van der Waals surface area contributed by atoms with Crippen LogP contribution in [0.2, 0.25) is 0 Å². The molecule has 0 saturated heterocycles. The van der Waals surface area contributed by atoms with E-state index >= 15 is 0 Å². The predicted octanol–water partition coefficient (Wildman–Crippen LogP) is 2.88. The van der Waals surface area contributed by atoms with Crippen LogP contribution in [0.25, 0.3) is 0 Å². The fourth-order valence-corrected chi connectivity index (χ4v) is 2.94. The molecule has 2 amide bonds. The van der Waals surface area contributed by atoms with Crippen molar-refractivity contribution < 1.29 is 14.3 Å². The molecule has 0 spiro atoms. The number of hydrogen-bond acceptors (Lipinski definition) is 4. The summed E-state index contributed by atoms with van der Waals surface area (Å²) in [5.74, 6) is -0.279. The van der Waals surface area contributed by atoms with Gasteiger partial charge in [0.1, 0.15) is 0 Å². The Kier molecular flexibility index (Phi) is 7.52. The summed E-state index contributed by atoms with van der Waals surface area (Å²) in [5, 5.41) is 3.11. The zero-order chi connectivity index (χ0) is 17.2. The van der Waals surface area contributed by atoms with Gasteiger partial charge in [0.2, 0.25) is 0 Å². The molecule has 1 aliphatic rings. The van der Waals surface area contributed by atoms with E-state index < -0.39 is 0 Å². The molecule has 1 saturated carbocycles. The summed E-state index contributed by atoms with van der Waals surface area (Å²) in [6.45, 7) is 2.91. The molecule has 6 nitrogen and oxygen atoms in total. The Morgan fingerprint density at radius 3 is 2.79 bits per heavy atom. The van der Waals surface area contributed by atoms with Crippen molar-refractivity contribution in [2.45, 2.75) is 58.0 Å². The van der Waals surface area contributed by atoms with Crippen molar-refractivity contribution in [3.63, 3.8) is 0 Å². The van der Waals surface area contributed by atoms with Crippen LogP contribution >= 0.6 is 0 Å². The lowest BCUT2D eigenvalue weighted by molar-refractivity contribution is -0.143. The number of nitrogens with one attached hydrogen (secondary N) is 1. The average Bonchev–Trinajstić information content (AvgIpc) is 2.60. The lowest BCUT2D eigenvalue weighted by atomic mass is 9.96. The molecular weight excluding hydrogens is 306 g/mol. The Morgan fingerprint density at radius 1 is 1.33 bits per heavy atom. The lowest BCUT2D eigenvalue weighted by Gasteiger charge is -2.28. The van der Waals surface area contributed by atoms with E-state index in [0.717, 1.165) is 31.2 Å². The van der Waals surface area contributed by atoms with Gasteiger partial charge in [0, 0.05) is 31.5 Å². The summed E-state index contributed by atoms with van der Waals surface area (Å²) in [5.41, 5.74) is 0.945. The molecule has 132 valence electrons. The van der Waals surface area contributed by atoms with Crippen molar-refractivity contribution >= 4 is 12.0 Å². The zero-order valence-corrected chi connectivity index (χ0v) is 14.4. The number of esters is 1. The molecule has 0 atom stereocenters. The fraction of sp³-hybridized carbons (Fsp3) is 0.611. The SMILES string of the molecule is CCOC(=O)CCN(Cc1cccnc1)C(=O)NC1CCCCC1. The topological polar surface area (TPSA) is 71.5 Å². The molecule has 0 bridgehead atoms. The number of urea groups is 1. The molecule has 1 aromatic rings. The minimum absolute atomic E-state index is 0.116. The Labute approximate surface area is 143 Å². The largest absolute Gasteiger partial charge is 0.466 e. The number of aromatic nitrogens is 1. The monoisotopic (exact) mass is 333 g/mol. The van der Waals surface area contributed by atoms with Crippen molar-refractivity contribution in [3.05, 3.63) is 30.1 Å². The highest BCUT2D eigenvalue weighted by molar-refractivity contribution is 5.76. The van der Waals surface area contributed by atoms with Gasteiger partial charge in [-0.3, -0.25) is 9.78 Å². The van der Waals surface area contributed by atoms with Crippen molar-refractivity contribution in [1.29, 1.82) is 0 Å². The first-order valence-electron chi connectivity index (χ1n) is 8.79. The second kappa shape index (κ2) is 9.90. The van der Waals surface area contributed by atoms with Gasteiger partial charge in [-0.05, 0) is 31.4 Å². The minimum Gasteiger partial charge on any atom is -0.466 e. The number of nitrogens with zero attached hydrogens (tertiary/aromatic N) is 2. The van der Waals surface area contributed by atoms with Crippen LogP contribution in [0, 0.1) is 0 Å². The molecule has 1 aliphatic carbocycles. The first-order valence-corrected chi connectivity index (χ1v) is 8.79. The van der Waals surface area contributed by atoms with Gasteiger partial charge < -0.3 is 15.0 Å². The number of carbonyl (C=O) groups is 2. The maximum atomic E-state index is 12.6. The van der Waals surface area contributed by atoms with Crippen LogP contribution in [0.15, 0.2) is 24.5 Å². The third-order valence-corrected chi connectivity index (χ3v) is 4.21. The summed E-state index contributed by atoms with van der Waals surface area (Å²) >= 11 is 0. The number of rotatable bonds is 7. The van der Waals surface area contributed by atoms with Gasteiger partial charge in [-0.1, -0.05) is 25.3 Å². The molecule has 0 aromatic carbocycles. The molecule has 6 heteroatoms. The van der Waals surface area contributed by atoms with E-state index in [1.807, 2.05) is 12.1 Å². The van der Waals surface area contributed by atoms with Crippen molar-refractivity contribution in [3.8, 4) is 0 Å². The van der Waals surface area contributed by atoms with Crippen LogP contribution in [0.4, 0.5) is 4.79 Å². The zero-order valence-electron chi connectivity index (χ0n) is 14.4. The van der Waals surface area contributed by atoms with E-state index in [2.05, 4.69) is 10.3 Å². The molecule has 1 aromatic heterocycles. The van der Waals surface area contributed by atoms with Crippen LogP contribution in [-0.2, 0) is 16.1 Å². The first-order chi connectivity index (χ1) is 11.7. The number of ether oxygens (including phenoxy) is 1. The molecule has 24 heavy (non-hydrogen) atoms. The Balaban J connectivity index is 1.94. The van der Waals surface area contributed by atoms with Gasteiger partial charge in [0.15, 0.2) is 0 Å². The third-order valence-electron chi connectivity index (χ3n) is 4.21. The smallest absolute Gasteiger partial charge is 0.317 e. The second-order valence-electron chi connectivity index (χ2n) is 6.12. The van der Waals surface area contributed by atoms with Crippen LogP contribution in [0.1, 0.15) is 51.0 Å². The molecule has 1 fully saturated rings. The third kappa shape index (κ3) is 6.18. The van der Waals surface area contributed by atoms with Gasteiger partial charge in [-0.25, -0.2) is 4.79 Å². The number of hydrogen-bond donors (Lipinski definition) is 1. The summed E-state index contributed by atoms with van der Waals surface area (Å²) < 4.78 is 4.96. The molecule has 0 radical (unpaired) electrons. The van der Waals surface area contributed by atoms with Crippen LogP contribution < -0.4 is 5.32 Å². The van der Waals surface area contributed by atoms with E-state index in [9.17, 15) is 9.59 Å². The van der Waals surface area contributed by atoms with Crippen LogP contribution in [0.5, 0.6) is 0 Å². The Morgan fingerprint density at radius 2 is 2.12 bits per heavy atom. The Bertz CT molecular complexity index is 516. The molecule has 1 heterocycles. The summed E-state index contributed by atoms with van der Waals surface area (Å²) in [6.07, 6.45) is 9.28. The van der Waals surface area contributed by atoms with Gasteiger partial charge in [0.25, 0.3) is 0 Å². The molecule has 0 unspecified atom stereocenters. The fourth-order valence-electron chi connectivity index (χ4n) is 2.94. The lowest BCUT2D eigenvalue weighted by Crippen LogP contribution is -2.45. The highest BCUT2D eigenvalue weighted by atomic mass is 16.5. The summed E-state index contributed by atoms with van der Waals surface area (Å²) in [6, 6.07) is 3.90. The van der Waals surface area contributed by atoms with Crippen LogP contribution in [-0.4, -0.2) is 41.1 Å². The highest BCUT2D eigenvalue weighted by Gasteiger charge is 2.21. The normalized spacial score (nSPS) is 14.9. The van der Waals surface area contributed by atoms with E-state index in [1.165, 1.54) is 6.42 Å². The van der Waals surface area contributed by atoms with E-state index in [1.54, 1.807) is 24.2 Å². The highest BCUT2D eigenvalue weighted by Crippen LogP contribution is 2.18. The van der Waals surface area contributed by atoms with Crippen molar-refractivity contribution in [2.75, 3.05) is 13.2 Å². The van der Waals surface area contributed by atoms with E-state index in [-0.39, 0.29) is 24.5 Å². The molecule has 0 aliphatic heterocycles. The average molecular weight is 333 g/mol. The van der Waals surface area contributed by atoms with Gasteiger partial charge in [-0.2, -0.15) is 0 Å². The second-order valence-corrected chi connectivity index (χ2v) is 6.12. The first kappa shape index (κ1) is 18.2. The quantitative estimate of drug-likeness (QED) is 0.779. The summed E-state index contributed by atoms with van der Waals surface area (Å²) in [4.78, 5) is 30.0. The molecular formula is C18H27N3O3. The van der Waals surface area contributed by atoms with Gasteiger partial charge >= 0.3 is 12.0 Å². The van der Waals surface area contributed by atoms with Crippen molar-refractivity contribution in [2.24, 2.45) is 0 Å². The number of carbonyl (C=O) groups excluding carboxylic acids is 2. The standard InChI is InChI=1S/C18H27N3O3/c1-2-24-17(22)10-12-21(14-15-7-6-11-19-13-15)18(23)20-16-8-4-3-5-9-16/h6-7,11,13,16H,2-5,8-10,12,14H2,1H3,(H,20,23). The van der Waals surface area contributed by atoms with Gasteiger partial charge in [-0.15, -0.1) is 0 Å².